The van der Waals surface area contributed by atoms with Gasteiger partial charge in [-0.1, -0.05) is 38.4 Å². The van der Waals surface area contributed by atoms with Crippen LogP contribution >= 0.6 is 11.6 Å². The number of anilines is 2. The number of benzene rings is 1. The quantitative estimate of drug-likeness (QED) is 0.163. The van der Waals surface area contributed by atoms with E-state index in [-0.39, 0.29) is 11.5 Å². The Morgan fingerprint density at radius 1 is 1.32 bits per heavy atom. The van der Waals surface area contributed by atoms with E-state index < -0.39 is 12.0 Å². The van der Waals surface area contributed by atoms with Crippen molar-refractivity contribution >= 4 is 33.9 Å². The molecule has 0 aliphatic heterocycles. The lowest BCUT2D eigenvalue weighted by atomic mass is 9.96. The van der Waals surface area contributed by atoms with Crippen molar-refractivity contribution in [3.05, 3.63) is 69.6 Å². The maximum atomic E-state index is 13.9. The summed E-state index contributed by atoms with van der Waals surface area (Å²) < 4.78 is 13.9. The lowest BCUT2D eigenvalue weighted by molar-refractivity contribution is 0.342. The fourth-order valence-electron chi connectivity index (χ4n) is 4.29. The van der Waals surface area contributed by atoms with Crippen molar-refractivity contribution in [2.24, 2.45) is 17.0 Å². The van der Waals surface area contributed by atoms with Crippen LogP contribution < -0.4 is 22.2 Å². The summed E-state index contributed by atoms with van der Waals surface area (Å²) in [6.07, 6.45) is 3.55. The second-order valence-electron chi connectivity index (χ2n) is 11.0. The van der Waals surface area contributed by atoms with E-state index in [1.165, 1.54) is 12.3 Å². The van der Waals surface area contributed by atoms with Gasteiger partial charge in [0.15, 0.2) is 0 Å². The molecule has 1 aliphatic carbocycles. The minimum absolute atomic E-state index is 0.0212. The molecule has 0 bridgehead atoms. The average Bonchev–Trinajstić information content (AvgIpc) is 3.70. The van der Waals surface area contributed by atoms with Crippen LogP contribution in [0.25, 0.3) is 10.9 Å². The van der Waals surface area contributed by atoms with Crippen molar-refractivity contribution < 1.29 is 4.39 Å². The Bertz CT molecular complexity index is 1440. The predicted molar refractivity (Wildman–Crippen MR) is 151 cm³/mol. The third-order valence-electron chi connectivity index (χ3n) is 6.61. The van der Waals surface area contributed by atoms with Crippen LogP contribution in [0.3, 0.4) is 0 Å². The van der Waals surface area contributed by atoms with Gasteiger partial charge in [-0.15, -0.1) is 0 Å². The van der Waals surface area contributed by atoms with Gasteiger partial charge < -0.3 is 21.4 Å². The number of allylic oxidation sites excluding steroid dienone is 1. The highest BCUT2D eigenvalue weighted by atomic mass is 35.5. The number of hydrazine groups is 1. The van der Waals surface area contributed by atoms with Crippen LogP contribution in [0, 0.1) is 29.6 Å². The molecule has 1 saturated carbocycles. The number of hydrogen-bond acceptors (Lipinski definition) is 8. The third-order valence-corrected chi connectivity index (χ3v) is 6.90. The SMILES string of the molecule is C/C(=C(/N)C(Nc1cc(Cl)c2ncc(C#N)c(NCC(C)(C)C)c2c1)c1ccc(F)nc1C)N(N)C1CC1. The van der Waals surface area contributed by atoms with Gasteiger partial charge in [-0.05, 0) is 50.3 Å². The number of nitrogens with zero attached hydrogens (tertiary/aromatic N) is 4. The molecule has 4 rings (SSSR count). The minimum atomic E-state index is -0.570. The van der Waals surface area contributed by atoms with E-state index in [0.717, 1.165) is 18.5 Å². The van der Waals surface area contributed by atoms with E-state index in [9.17, 15) is 9.65 Å². The Kier molecular flexibility index (Phi) is 7.68. The number of pyridine rings is 2. The van der Waals surface area contributed by atoms with E-state index in [1.807, 2.05) is 13.0 Å². The first-order valence-electron chi connectivity index (χ1n) is 12.6. The molecular weight excluding hydrogens is 503 g/mol. The molecule has 200 valence electrons. The summed E-state index contributed by atoms with van der Waals surface area (Å²) in [5.41, 5.74) is 11.4. The number of nitriles is 1. The van der Waals surface area contributed by atoms with Crippen molar-refractivity contribution in [3.8, 4) is 6.07 Å². The number of nitrogens with two attached hydrogens (primary N) is 2. The first-order valence-corrected chi connectivity index (χ1v) is 12.9. The zero-order valence-electron chi connectivity index (χ0n) is 22.4. The number of aryl methyl sites for hydroxylation is 1. The molecule has 1 fully saturated rings. The van der Waals surface area contributed by atoms with Gasteiger partial charge in [0.25, 0.3) is 0 Å². The highest BCUT2D eigenvalue weighted by Gasteiger charge is 2.30. The van der Waals surface area contributed by atoms with Crippen LogP contribution in [-0.4, -0.2) is 27.6 Å². The second-order valence-corrected chi connectivity index (χ2v) is 11.4. The minimum Gasteiger partial charge on any atom is -0.399 e. The molecule has 1 aliphatic rings. The van der Waals surface area contributed by atoms with Gasteiger partial charge in [-0.25, -0.2) is 10.8 Å². The van der Waals surface area contributed by atoms with E-state index >= 15 is 0 Å². The number of halogens is 2. The Morgan fingerprint density at radius 2 is 2.03 bits per heavy atom. The van der Waals surface area contributed by atoms with Crippen molar-refractivity contribution in [1.29, 1.82) is 5.26 Å². The number of aromatic nitrogens is 2. The fourth-order valence-corrected chi connectivity index (χ4v) is 4.56. The molecule has 0 amide bonds. The third kappa shape index (κ3) is 5.93. The number of fused-ring (bicyclic) bond motifs is 1. The van der Waals surface area contributed by atoms with E-state index in [4.69, 9.17) is 23.2 Å². The van der Waals surface area contributed by atoms with Crippen molar-refractivity contribution in [1.82, 2.24) is 15.0 Å². The number of rotatable bonds is 8. The Hall–Kier alpha value is -3.61. The Labute approximate surface area is 227 Å². The average molecular weight is 537 g/mol. The van der Waals surface area contributed by atoms with Crippen LogP contribution in [0.5, 0.6) is 0 Å². The first-order chi connectivity index (χ1) is 17.9. The van der Waals surface area contributed by atoms with Crippen LogP contribution in [0.1, 0.15) is 63.4 Å². The molecule has 8 nitrogen and oxygen atoms in total. The van der Waals surface area contributed by atoms with E-state index in [1.54, 1.807) is 24.1 Å². The molecule has 1 unspecified atom stereocenters. The van der Waals surface area contributed by atoms with Gasteiger partial charge in [0.05, 0.1) is 33.5 Å². The molecule has 0 radical (unpaired) electrons. The monoisotopic (exact) mass is 536 g/mol. The highest BCUT2D eigenvalue weighted by molar-refractivity contribution is 6.35. The Morgan fingerprint density at radius 3 is 2.63 bits per heavy atom. The largest absolute Gasteiger partial charge is 0.399 e. The molecule has 10 heteroatoms. The van der Waals surface area contributed by atoms with Crippen molar-refractivity contribution in [2.75, 3.05) is 17.2 Å². The van der Waals surface area contributed by atoms with Crippen LogP contribution in [-0.2, 0) is 0 Å². The molecule has 0 saturated heterocycles. The molecule has 0 spiro atoms. The predicted octanol–water partition coefficient (Wildman–Crippen LogP) is 5.74. The lowest BCUT2D eigenvalue weighted by Gasteiger charge is -2.28. The summed E-state index contributed by atoms with van der Waals surface area (Å²) in [5, 5.41) is 19.5. The van der Waals surface area contributed by atoms with Gasteiger partial charge in [-0.3, -0.25) is 4.98 Å². The molecule has 2 heterocycles. The molecule has 2 aromatic heterocycles. The summed E-state index contributed by atoms with van der Waals surface area (Å²) in [7, 11) is 0. The van der Waals surface area contributed by atoms with Crippen LogP contribution in [0.15, 0.2) is 41.9 Å². The summed E-state index contributed by atoms with van der Waals surface area (Å²) in [6.45, 7) is 10.6. The smallest absolute Gasteiger partial charge is 0.213 e. The number of nitrogens with one attached hydrogen (secondary N) is 2. The van der Waals surface area contributed by atoms with Crippen molar-refractivity contribution in [3.63, 3.8) is 0 Å². The maximum absolute atomic E-state index is 13.9. The summed E-state index contributed by atoms with van der Waals surface area (Å²) >= 11 is 6.70. The van der Waals surface area contributed by atoms with Crippen molar-refractivity contribution in [2.45, 2.75) is 59.5 Å². The molecule has 38 heavy (non-hydrogen) atoms. The molecule has 1 atom stereocenters. The lowest BCUT2D eigenvalue weighted by Crippen LogP contribution is -2.35. The standard InChI is InChI=1S/C28H34ClFN8/c1-15-20(8-9-23(30)36-15)27(24(32)16(2)38(33)19-6-7-19)37-18-10-21-25(35-14-28(3,4)5)17(12-31)13-34-26(21)22(29)11-18/h8-11,13,19,27,37H,6-7,14,32-33H2,1-5H3,(H,34,35)/b24-16-. The highest BCUT2D eigenvalue weighted by Crippen LogP contribution is 2.37. The normalized spacial score (nSPS) is 15.0. The van der Waals surface area contributed by atoms with Crippen LogP contribution in [0.2, 0.25) is 5.02 Å². The topological polar surface area (TPSA) is 129 Å². The Balaban J connectivity index is 1.83. The van der Waals surface area contributed by atoms with Gasteiger partial charge >= 0.3 is 0 Å². The second kappa shape index (κ2) is 10.6. The zero-order chi connectivity index (χ0) is 27.8. The van der Waals surface area contributed by atoms with E-state index in [2.05, 4.69) is 47.4 Å². The first kappa shape index (κ1) is 27.4. The van der Waals surface area contributed by atoms with Gasteiger partial charge in [0.2, 0.25) is 5.95 Å². The van der Waals surface area contributed by atoms with Gasteiger partial charge in [0.1, 0.15) is 6.07 Å². The number of hydrogen-bond donors (Lipinski definition) is 4. The molecule has 1 aromatic carbocycles. The molecule has 3 aromatic rings. The summed E-state index contributed by atoms with van der Waals surface area (Å²) in [6, 6.07) is 8.54. The zero-order valence-corrected chi connectivity index (χ0v) is 23.1. The summed E-state index contributed by atoms with van der Waals surface area (Å²) in [5.74, 6) is 5.77. The summed E-state index contributed by atoms with van der Waals surface area (Å²) in [4.78, 5) is 8.45. The maximum Gasteiger partial charge on any atom is 0.213 e. The fraction of sp³-hybridized carbons (Fsp3) is 0.393. The van der Waals surface area contributed by atoms with Gasteiger partial charge in [-0.2, -0.15) is 9.65 Å². The van der Waals surface area contributed by atoms with E-state index in [0.29, 0.717) is 56.4 Å². The molecular formula is C28H34ClFN8. The van der Waals surface area contributed by atoms with Gasteiger partial charge in [0, 0.05) is 46.8 Å². The van der Waals surface area contributed by atoms with Crippen LogP contribution in [0.4, 0.5) is 15.8 Å². The molecule has 6 N–H and O–H groups in total.